The van der Waals surface area contributed by atoms with Crippen LogP contribution in [0.1, 0.15) is 28.9 Å². The van der Waals surface area contributed by atoms with Crippen molar-refractivity contribution in [3.63, 3.8) is 0 Å². The van der Waals surface area contributed by atoms with Crippen LogP contribution in [-0.2, 0) is 0 Å². The molecule has 3 rings (SSSR count). The first-order valence-corrected chi connectivity index (χ1v) is 8.13. The molecular formula is C17H15ClN2OS. The van der Waals surface area contributed by atoms with Gasteiger partial charge in [-0.15, -0.1) is 11.3 Å². The summed E-state index contributed by atoms with van der Waals surface area (Å²) in [6.45, 7) is 1.97. The van der Waals surface area contributed by atoms with Gasteiger partial charge in [0.2, 0.25) is 0 Å². The summed E-state index contributed by atoms with van der Waals surface area (Å²) in [7, 11) is 0. The number of nitrogens with one attached hydrogen (secondary N) is 2. The molecule has 2 N–H and O–H groups in total. The Morgan fingerprint density at radius 3 is 2.64 bits per heavy atom. The molecule has 1 aromatic carbocycles. The van der Waals surface area contributed by atoms with E-state index in [1.165, 1.54) is 11.3 Å². The minimum atomic E-state index is -0.0999. The van der Waals surface area contributed by atoms with E-state index in [1.54, 1.807) is 6.20 Å². The summed E-state index contributed by atoms with van der Waals surface area (Å²) in [6, 6.07) is 13.6. The largest absolute Gasteiger partial charge is 0.366 e. The van der Waals surface area contributed by atoms with Gasteiger partial charge in [-0.2, -0.15) is 0 Å². The number of aromatic amines is 1. The molecule has 2 aromatic heterocycles. The average Bonchev–Trinajstić information content (AvgIpc) is 3.16. The van der Waals surface area contributed by atoms with E-state index in [1.807, 2.05) is 55.6 Å². The van der Waals surface area contributed by atoms with Crippen molar-refractivity contribution >= 4 is 28.8 Å². The van der Waals surface area contributed by atoms with Gasteiger partial charge >= 0.3 is 0 Å². The molecule has 112 valence electrons. The lowest BCUT2D eigenvalue weighted by Crippen LogP contribution is -2.26. The molecule has 0 aliphatic rings. The number of rotatable bonds is 4. The van der Waals surface area contributed by atoms with Crippen LogP contribution in [0.4, 0.5) is 0 Å². The third kappa shape index (κ3) is 3.08. The molecule has 22 heavy (non-hydrogen) atoms. The number of thiophene rings is 1. The van der Waals surface area contributed by atoms with Crippen LogP contribution in [-0.4, -0.2) is 10.9 Å². The van der Waals surface area contributed by atoms with Gasteiger partial charge in [0.05, 0.1) is 15.9 Å². The summed E-state index contributed by atoms with van der Waals surface area (Å²) in [5, 5.41) is 3.03. The molecule has 1 amide bonds. The van der Waals surface area contributed by atoms with Crippen LogP contribution < -0.4 is 5.32 Å². The second kappa shape index (κ2) is 6.38. The van der Waals surface area contributed by atoms with E-state index in [9.17, 15) is 4.79 Å². The van der Waals surface area contributed by atoms with Gasteiger partial charge in [0.1, 0.15) is 0 Å². The second-order valence-electron chi connectivity index (χ2n) is 4.99. The minimum Gasteiger partial charge on any atom is -0.366 e. The average molecular weight is 331 g/mol. The molecule has 0 unspecified atom stereocenters. The summed E-state index contributed by atoms with van der Waals surface area (Å²) in [5.74, 6) is -0.0999. The molecular weight excluding hydrogens is 316 g/mol. The third-order valence-corrected chi connectivity index (χ3v) is 4.74. The van der Waals surface area contributed by atoms with E-state index in [4.69, 9.17) is 11.6 Å². The highest BCUT2D eigenvalue weighted by atomic mass is 35.5. The summed E-state index contributed by atoms with van der Waals surface area (Å²) < 4.78 is 0.709. The maximum Gasteiger partial charge on any atom is 0.253 e. The summed E-state index contributed by atoms with van der Waals surface area (Å²) in [6.07, 6.45) is 3.54. The number of hydrogen-bond donors (Lipinski definition) is 2. The maximum absolute atomic E-state index is 12.5. The van der Waals surface area contributed by atoms with Gasteiger partial charge in [0.15, 0.2) is 0 Å². The lowest BCUT2D eigenvalue weighted by Gasteiger charge is -2.14. The topological polar surface area (TPSA) is 44.9 Å². The van der Waals surface area contributed by atoms with Crippen LogP contribution in [0, 0.1) is 0 Å². The normalized spacial score (nSPS) is 12.1. The van der Waals surface area contributed by atoms with Crippen molar-refractivity contribution in [2.24, 2.45) is 0 Å². The molecule has 3 aromatic rings. The van der Waals surface area contributed by atoms with Gasteiger partial charge in [-0.1, -0.05) is 41.9 Å². The van der Waals surface area contributed by atoms with E-state index < -0.39 is 0 Å². The molecule has 0 saturated carbocycles. The van der Waals surface area contributed by atoms with Crippen molar-refractivity contribution in [1.82, 2.24) is 10.3 Å². The Balaban J connectivity index is 1.80. The van der Waals surface area contributed by atoms with E-state index in [0.29, 0.717) is 9.90 Å². The first-order valence-electron chi connectivity index (χ1n) is 6.93. The van der Waals surface area contributed by atoms with Crippen molar-refractivity contribution in [3.8, 4) is 10.4 Å². The number of carbonyl (C=O) groups excluding carboxylic acids is 1. The zero-order valence-corrected chi connectivity index (χ0v) is 13.5. The molecule has 0 fully saturated rings. The Labute approximate surface area is 138 Å². The quantitative estimate of drug-likeness (QED) is 0.703. The van der Waals surface area contributed by atoms with Crippen LogP contribution >= 0.6 is 22.9 Å². The van der Waals surface area contributed by atoms with Crippen LogP contribution in [0.2, 0.25) is 4.34 Å². The highest BCUT2D eigenvalue weighted by Crippen LogP contribution is 2.33. The standard InChI is InChI=1S/C17H15ClN2OS/c1-11(12-5-3-2-4-6-12)20-17(21)14-10-19-9-13(14)15-7-8-16(18)22-15/h2-11,19H,1H3,(H,20,21)/t11-/m0/s1. The van der Waals surface area contributed by atoms with Crippen molar-refractivity contribution in [3.05, 3.63) is 70.3 Å². The first kappa shape index (κ1) is 14.9. The van der Waals surface area contributed by atoms with Gasteiger partial charge in [-0.05, 0) is 24.6 Å². The number of benzene rings is 1. The van der Waals surface area contributed by atoms with Gasteiger partial charge in [0.25, 0.3) is 5.91 Å². The molecule has 0 bridgehead atoms. The number of H-pyrrole nitrogens is 1. The Bertz CT molecular complexity index is 779. The number of amides is 1. The molecule has 0 aliphatic carbocycles. The smallest absolute Gasteiger partial charge is 0.253 e. The molecule has 2 heterocycles. The minimum absolute atomic E-state index is 0.0524. The fourth-order valence-electron chi connectivity index (χ4n) is 2.31. The first-order chi connectivity index (χ1) is 10.6. The van der Waals surface area contributed by atoms with Crippen LogP contribution in [0.15, 0.2) is 54.9 Å². The number of halogens is 1. The molecule has 0 radical (unpaired) electrons. The molecule has 0 saturated heterocycles. The Hall–Kier alpha value is -2.04. The number of aromatic nitrogens is 1. The zero-order valence-electron chi connectivity index (χ0n) is 12.0. The molecule has 1 atom stereocenters. The van der Waals surface area contributed by atoms with Crippen molar-refractivity contribution in [1.29, 1.82) is 0 Å². The lowest BCUT2D eigenvalue weighted by molar-refractivity contribution is 0.0940. The SMILES string of the molecule is C[C@H](NC(=O)c1c[nH]cc1-c1ccc(Cl)s1)c1ccccc1. The predicted molar refractivity (Wildman–Crippen MR) is 91.4 cm³/mol. The Morgan fingerprint density at radius 1 is 1.18 bits per heavy atom. The van der Waals surface area contributed by atoms with Gasteiger partial charge < -0.3 is 10.3 Å². The molecule has 0 spiro atoms. The van der Waals surface area contributed by atoms with Crippen molar-refractivity contribution < 1.29 is 4.79 Å². The lowest BCUT2D eigenvalue weighted by atomic mass is 10.1. The predicted octanol–water partition coefficient (Wildman–Crippen LogP) is 4.89. The monoisotopic (exact) mass is 330 g/mol. The van der Waals surface area contributed by atoms with Crippen molar-refractivity contribution in [2.75, 3.05) is 0 Å². The number of carbonyl (C=O) groups is 1. The molecule has 5 heteroatoms. The summed E-state index contributed by atoms with van der Waals surface area (Å²) in [4.78, 5) is 16.5. The maximum atomic E-state index is 12.5. The number of hydrogen-bond acceptors (Lipinski definition) is 2. The van der Waals surface area contributed by atoms with E-state index >= 15 is 0 Å². The molecule has 3 nitrogen and oxygen atoms in total. The van der Waals surface area contributed by atoms with Gasteiger partial charge in [-0.25, -0.2) is 0 Å². The van der Waals surface area contributed by atoms with Gasteiger partial charge in [0, 0.05) is 22.8 Å². The van der Waals surface area contributed by atoms with Crippen LogP contribution in [0.25, 0.3) is 10.4 Å². The van der Waals surface area contributed by atoms with Crippen LogP contribution in [0.3, 0.4) is 0 Å². The van der Waals surface area contributed by atoms with Crippen LogP contribution in [0.5, 0.6) is 0 Å². The van der Waals surface area contributed by atoms with Crippen molar-refractivity contribution in [2.45, 2.75) is 13.0 Å². The fourth-order valence-corrected chi connectivity index (χ4v) is 3.39. The second-order valence-corrected chi connectivity index (χ2v) is 6.71. The van der Waals surface area contributed by atoms with E-state index in [0.717, 1.165) is 16.0 Å². The summed E-state index contributed by atoms with van der Waals surface area (Å²) in [5.41, 5.74) is 2.57. The highest BCUT2D eigenvalue weighted by Gasteiger charge is 2.17. The Morgan fingerprint density at radius 2 is 1.95 bits per heavy atom. The highest BCUT2D eigenvalue weighted by molar-refractivity contribution is 7.19. The summed E-state index contributed by atoms with van der Waals surface area (Å²) >= 11 is 7.44. The Kier molecular flexibility index (Phi) is 4.32. The molecule has 0 aliphatic heterocycles. The third-order valence-electron chi connectivity index (χ3n) is 3.48. The zero-order chi connectivity index (χ0) is 15.5. The van der Waals surface area contributed by atoms with E-state index in [-0.39, 0.29) is 11.9 Å². The van der Waals surface area contributed by atoms with E-state index in [2.05, 4.69) is 10.3 Å². The van der Waals surface area contributed by atoms with Gasteiger partial charge in [-0.3, -0.25) is 4.79 Å². The fraction of sp³-hybridized carbons (Fsp3) is 0.118.